The fraction of sp³-hybridized carbons (Fsp3) is 0.467. The molecular formula is C15H16N2O3. The summed E-state index contributed by atoms with van der Waals surface area (Å²) in [4.78, 5) is 14.1. The first kappa shape index (κ1) is 13.1. The highest BCUT2D eigenvalue weighted by atomic mass is 16.7. The topological polar surface area (TPSA) is 62.6 Å². The van der Waals surface area contributed by atoms with Gasteiger partial charge in [-0.3, -0.25) is 4.79 Å². The van der Waals surface area contributed by atoms with Crippen molar-refractivity contribution in [1.29, 1.82) is 5.26 Å². The Morgan fingerprint density at radius 2 is 2.00 bits per heavy atom. The van der Waals surface area contributed by atoms with E-state index in [2.05, 4.69) is 6.07 Å². The lowest BCUT2D eigenvalue weighted by atomic mass is 9.95. The molecule has 1 aromatic rings. The van der Waals surface area contributed by atoms with E-state index in [0.29, 0.717) is 38.2 Å². The Morgan fingerprint density at radius 1 is 1.30 bits per heavy atom. The summed E-state index contributed by atoms with van der Waals surface area (Å²) >= 11 is 0. The largest absolute Gasteiger partial charge is 0.347 e. The molecule has 2 heterocycles. The Bertz CT molecular complexity index is 532. The molecule has 3 rings (SSSR count). The molecule has 2 aliphatic rings. The number of benzene rings is 1. The van der Waals surface area contributed by atoms with Gasteiger partial charge in [0.15, 0.2) is 5.79 Å². The molecule has 20 heavy (non-hydrogen) atoms. The number of nitrogens with zero attached hydrogens (tertiary/aromatic N) is 2. The molecule has 2 saturated heterocycles. The molecule has 5 nitrogen and oxygen atoms in total. The summed E-state index contributed by atoms with van der Waals surface area (Å²) in [7, 11) is 0. The highest BCUT2D eigenvalue weighted by molar-refractivity contribution is 5.94. The number of rotatable bonds is 1. The molecule has 1 amide bonds. The van der Waals surface area contributed by atoms with Crippen molar-refractivity contribution in [2.45, 2.75) is 24.7 Å². The highest BCUT2D eigenvalue weighted by Gasteiger charge is 2.45. The number of hydrogen-bond acceptors (Lipinski definition) is 4. The van der Waals surface area contributed by atoms with Crippen LogP contribution in [0.5, 0.6) is 0 Å². The molecule has 0 bridgehead atoms. The van der Waals surface area contributed by atoms with Crippen molar-refractivity contribution in [3.63, 3.8) is 0 Å². The third kappa shape index (κ3) is 2.28. The van der Waals surface area contributed by atoms with Crippen molar-refractivity contribution < 1.29 is 14.3 Å². The second-order valence-corrected chi connectivity index (χ2v) is 5.07. The van der Waals surface area contributed by atoms with Crippen molar-refractivity contribution in [2.24, 2.45) is 0 Å². The van der Waals surface area contributed by atoms with Gasteiger partial charge in [-0.1, -0.05) is 18.2 Å². The molecule has 2 fully saturated rings. The fourth-order valence-corrected chi connectivity index (χ4v) is 2.82. The zero-order valence-electron chi connectivity index (χ0n) is 11.1. The van der Waals surface area contributed by atoms with E-state index in [4.69, 9.17) is 9.47 Å². The zero-order chi connectivity index (χ0) is 14.0. The second kappa shape index (κ2) is 5.23. The van der Waals surface area contributed by atoms with Crippen molar-refractivity contribution in [3.05, 3.63) is 35.9 Å². The maximum atomic E-state index is 12.5. The molecule has 5 heteroatoms. The summed E-state index contributed by atoms with van der Waals surface area (Å²) in [5.74, 6) is -0.765. The normalized spacial score (nSPS) is 24.6. The van der Waals surface area contributed by atoms with Gasteiger partial charge in [-0.15, -0.1) is 0 Å². The molecule has 1 aromatic carbocycles. The minimum Gasteiger partial charge on any atom is -0.347 e. The van der Waals surface area contributed by atoms with Crippen LogP contribution in [0, 0.1) is 11.3 Å². The van der Waals surface area contributed by atoms with E-state index in [1.807, 2.05) is 18.2 Å². The zero-order valence-corrected chi connectivity index (χ0v) is 11.1. The van der Waals surface area contributed by atoms with Gasteiger partial charge in [0.2, 0.25) is 0 Å². The SMILES string of the molecule is N#C[C@H]1CC2(CCN1C(=O)c1ccccc1)OCCO2. The number of ether oxygens (including phenoxy) is 2. The van der Waals surface area contributed by atoms with E-state index in [-0.39, 0.29) is 5.91 Å². The first-order valence-corrected chi connectivity index (χ1v) is 6.78. The van der Waals surface area contributed by atoms with Crippen molar-refractivity contribution >= 4 is 5.91 Å². The van der Waals surface area contributed by atoms with E-state index >= 15 is 0 Å². The first-order valence-electron chi connectivity index (χ1n) is 6.78. The van der Waals surface area contributed by atoms with Crippen LogP contribution in [-0.4, -0.2) is 42.4 Å². The lowest BCUT2D eigenvalue weighted by Gasteiger charge is -2.40. The summed E-state index contributed by atoms with van der Waals surface area (Å²) in [5, 5.41) is 9.35. The number of amides is 1. The van der Waals surface area contributed by atoms with Crippen LogP contribution in [0.15, 0.2) is 30.3 Å². The van der Waals surface area contributed by atoms with Crippen LogP contribution in [0.25, 0.3) is 0 Å². The highest BCUT2D eigenvalue weighted by Crippen LogP contribution is 2.34. The molecule has 0 saturated carbocycles. The van der Waals surface area contributed by atoms with E-state index in [1.165, 1.54) is 0 Å². The van der Waals surface area contributed by atoms with Crippen LogP contribution in [0.1, 0.15) is 23.2 Å². The maximum absolute atomic E-state index is 12.5. The Kier molecular flexibility index (Phi) is 3.43. The third-order valence-electron chi connectivity index (χ3n) is 3.86. The van der Waals surface area contributed by atoms with Crippen molar-refractivity contribution in [1.82, 2.24) is 4.90 Å². The van der Waals surface area contributed by atoms with Gasteiger partial charge < -0.3 is 14.4 Å². The Hall–Kier alpha value is -1.90. The quantitative estimate of drug-likeness (QED) is 0.778. The summed E-state index contributed by atoms with van der Waals surface area (Å²) in [5.41, 5.74) is 0.608. The van der Waals surface area contributed by atoms with Crippen LogP contribution in [0.2, 0.25) is 0 Å². The maximum Gasteiger partial charge on any atom is 0.254 e. The summed E-state index contributed by atoms with van der Waals surface area (Å²) in [6, 6.07) is 10.7. The lowest BCUT2D eigenvalue weighted by molar-refractivity contribution is -0.187. The van der Waals surface area contributed by atoms with Crippen molar-refractivity contribution in [2.75, 3.05) is 19.8 Å². The number of likely N-dealkylation sites (tertiary alicyclic amines) is 1. The molecule has 104 valence electrons. The van der Waals surface area contributed by atoms with Crippen LogP contribution in [-0.2, 0) is 9.47 Å². The Labute approximate surface area is 117 Å². The van der Waals surface area contributed by atoms with E-state index < -0.39 is 11.8 Å². The molecule has 0 N–H and O–H groups in total. The smallest absolute Gasteiger partial charge is 0.254 e. The number of piperidine rings is 1. The van der Waals surface area contributed by atoms with Gasteiger partial charge in [0.1, 0.15) is 6.04 Å². The average molecular weight is 272 g/mol. The minimum absolute atomic E-state index is 0.106. The number of hydrogen-bond donors (Lipinski definition) is 0. The van der Waals surface area contributed by atoms with Crippen LogP contribution >= 0.6 is 0 Å². The number of nitriles is 1. The monoisotopic (exact) mass is 272 g/mol. The molecular weight excluding hydrogens is 256 g/mol. The summed E-state index contributed by atoms with van der Waals surface area (Å²) in [6.07, 6.45) is 1.03. The lowest BCUT2D eigenvalue weighted by Crippen LogP contribution is -2.52. The van der Waals surface area contributed by atoms with Gasteiger partial charge in [0.25, 0.3) is 5.91 Å². The minimum atomic E-state index is -0.659. The predicted octanol–water partition coefficient (Wildman–Crippen LogP) is 1.56. The van der Waals surface area contributed by atoms with Gasteiger partial charge >= 0.3 is 0 Å². The van der Waals surface area contributed by atoms with Gasteiger partial charge in [0.05, 0.1) is 19.3 Å². The Morgan fingerprint density at radius 3 is 2.65 bits per heavy atom. The predicted molar refractivity (Wildman–Crippen MR) is 70.7 cm³/mol. The molecule has 0 unspecified atom stereocenters. The molecule has 0 aromatic heterocycles. The van der Waals surface area contributed by atoms with Crippen LogP contribution in [0.3, 0.4) is 0 Å². The summed E-state index contributed by atoms with van der Waals surface area (Å²) < 4.78 is 11.3. The van der Waals surface area contributed by atoms with Gasteiger partial charge in [-0.05, 0) is 12.1 Å². The molecule has 1 spiro atoms. The Balaban J connectivity index is 1.78. The molecule has 0 aliphatic carbocycles. The molecule has 0 radical (unpaired) electrons. The van der Waals surface area contributed by atoms with Gasteiger partial charge in [-0.2, -0.15) is 5.26 Å². The van der Waals surface area contributed by atoms with Crippen LogP contribution in [0.4, 0.5) is 0 Å². The number of carbonyl (C=O) groups excluding carboxylic acids is 1. The van der Waals surface area contributed by atoms with Gasteiger partial charge in [-0.25, -0.2) is 0 Å². The third-order valence-corrected chi connectivity index (χ3v) is 3.86. The van der Waals surface area contributed by atoms with Crippen LogP contribution < -0.4 is 0 Å². The van der Waals surface area contributed by atoms with E-state index in [9.17, 15) is 10.1 Å². The van der Waals surface area contributed by atoms with Gasteiger partial charge in [0, 0.05) is 24.9 Å². The van der Waals surface area contributed by atoms with E-state index in [1.54, 1.807) is 17.0 Å². The first-order chi connectivity index (χ1) is 9.74. The standard InChI is InChI=1S/C15H16N2O3/c16-11-13-10-15(19-8-9-20-15)6-7-17(13)14(18)12-4-2-1-3-5-12/h1-5,13H,6-10H2/t13-/m1/s1. The fourth-order valence-electron chi connectivity index (χ4n) is 2.82. The molecule has 2 aliphatic heterocycles. The molecule has 1 atom stereocenters. The van der Waals surface area contributed by atoms with E-state index in [0.717, 1.165) is 0 Å². The van der Waals surface area contributed by atoms with Crippen molar-refractivity contribution in [3.8, 4) is 6.07 Å². The average Bonchev–Trinajstić information content (AvgIpc) is 2.95. The second-order valence-electron chi connectivity index (χ2n) is 5.07. The summed E-state index contributed by atoms with van der Waals surface area (Å²) in [6.45, 7) is 1.60. The number of carbonyl (C=O) groups is 1.